The average Bonchev–Trinajstić information content (AvgIpc) is 3.78. The first-order valence-electron chi connectivity index (χ1n) is 18.6. The fraction of sp³-hybridized carbons (Fsp3) is 0.757. The molecule has 2 amide bonds. The molecule has 9 heteroatoms. The summed E-state index contributed by atoms with van der Waals surface area (Å²) in [6.07, 6.45) is 25.3. The van der Waals surface area contributed by atoms with E-state index in [0.717, 1.165) is 25.7 Å². The van der Waals surface area contributed by atoms with Crippen molar-refractivity contribution in [2.24, 2.45) is 9.98 Å². The first kappa shape index (κ1) is 37.5. The summed E-state index contributed by atoms with van der Waals surface area (Å²) in [6, 6.07) is 4.25. The second-order valence-corrected chi connectivity index (χ2v) is 12.9. The molecule has 0 saturated carbocycles. The number of aromatic nitrogens is 1. The lowest BCUT2D eigenvalue weighted by Gasteiger charge is -2.07. The maximum Gasteiger partial charge on any atom is 0.248 e. The van der Waals surface area contributed by atoms with Gasteiger partial charge >= 0.3 is 0 Å². The number of unbranched alkanes of at least 4 members (excludes halogenated alkanes) is 18. The standard InChI is InChI=1S/C37H61N5O4/c1-3-5-7-9-11-13-15-17-19-21-26-38-34(43)32-28-45-36(41-32)30-24-23-25-31(40-30)37-42-33(29-46-37)35(44)39-27-22-20-18-16-14-12-10-8-6-4-2/h23-25,32-33H,3-22,26-29H2,1-2H3,(H,38,43)(H,39,44)/t32-,33-/m0/s1. The van der Waals surface area contributed by atoms with Crippen LogP contribution < -0.4 is 10.6 Å². The second-order valence-electron chi connectivity index (χ2n) is 12.9. The van der Waals surface area contributed by atoms with Crippen molar-refractivity contribution in [3.05, 3.63) is 29.6 Å². The maximum absolute atomic E-state index is 12.7. The number of nitrogens with one attached hydrogen (secondary N) is 2. The van der Waals surface area contributed by atoms with Gasteiger partial charge in [0, 0.05) is 13.1 Å². The van der Waals surface area contributed by atoms with Crippen molar-refractivity contribution < 1.29 is 19.1 Å². The van der Waals surface area contributed by atoms with Gasteiger partial charge in [0.2, 0.25) is 23.6 Å². The normalized spacial score (nSPS) is 17.3. The lowest BCUT2D eigenvalue weighted by atomic mass is 10.1. The number of pyridine rings is 1. The molecule has 2 N–H and O–H groups in total. The van der Waals surface area contributed by atoms with Crippen LogP contribution >= 0.6 is 0 Å². The first-order valence-corrected chi connectivity index (χ1v) is 18.6. The van der Waals surface area contributed by atoms with Gasteiger partial charge in [-0.25, -0.2) is 15.0 Å². The number of rotatable bonds is 26. The fourth-order valence-electron chi connectivity index (χ4n) is 5.85. The molecule has 0 bridgehead atoms. The number of nitrogens with zero attached hydrogens (tertiary/aromatic N) is 3. The molecule has 3 rings (SSSR count). The Kier molecular flexibility index (Phi) is 19.0. The zero-order chi connectivity index (χ0) is 32.7. The number of ether oxygens (including phenoxy) is 2. The van der Waals surface area contributed by atoms with Gasteiger partial charge in [0.05, 0.1) is 0 Å². The van der Waals surface area contributed by atoms with Crippen molar-refractivity contribution in [2.75, 3.05) is 26.3 Å². The van der Waals surface area contributed by atoms with E-state index in [9.17, 15) is 9.59 Å². The Bertz CT molecular complexity index is 996. The number of hydrogen-bond acceptors (Lipinski definition) is 7. The van der Waals surface area contributed by atoms with Crippen LogP contribution in [0.5, 0.6) is 0 Å². The molecule has 0 spiro atoms. The Hall–Kier alpha value is -2.97. The van der Waals surface area contributed by atoms with E-state index in [4.69, 9.17) is 9.47 Å². The molecule has 0 aromatic carbocycles. The average molecular weight is 640 g/mol. The highest BCUT2D eigenvalue weighted by Crippen LogP contribution is 2.16. The van der Waals surface area contributed by atoms with Gasteiger partial charge in [-0.15, -0.1) is 0 Å². The fourth-order valence-corrected chi connectivity index (χ4v) is 5.85. The molecule has 9 nitrogen and oxygen atoms in total. The zero-order valence-electron chi connectivity index (χ0n) is 28.8. The molecule has 2 atom stereocenters. The summed E-state index contributed by atoms with van der Waals surface area (Å²) in [4.78, 5) is 38.9. The summed E-state index contributed by atoms with van der Waals surface area (Å²) in [5.74, 6) is 0.449. The third-order valence-corrected chi connectivity index (χ3v) is 8.75. The SMILES string of the molecule is CCCCCCCCCCCCNC(=O)[C@@H]1COC(c2cccc(C3=N[C@H](C(=O)NCCCCCCCCCCCC)CO3)n2)=N1. The zero-order valence-corrected chi connectivity index (χ0v) is 28.8. The number of carbonyl (C=O) groups excluding carboxylic acids is 2. The van der Waals surface area contributed by atoms with Crippen molar-refractivity contribution in [1.82, 2.24) is 15.6 Å². The number of hydrogen-bond donors (Lipinski definition) is 2. The third-order valence-electron chi connectivity index (χ3n) is 8.75. The van der Waals surface area contributed by atoms with Crippen LogP contribution in [0.2, 0.25) is 0 Å². The molecule has 0 saturated heterocycles. The molecule has 0 unspecified atom stereocenters. The summed E-state index contributed by atoms with van der Waals surface area (Å²) in [5, 5.41) is 6.01. The van der Waals surface area contributed by atoms with E-state index in [1.807, 2.05) is 6.07 Å². The Morgan fingerprint density at radius 1 is 0.587 bits per heavy atom. The summed E-state index contributed by atoms with van der Waals surface area (Å²) in [6.45, 7) is 6.22. The summed E-state index contributed by atoms with van der Waals surface area (Å²) >= 11 is 0. The van der Waals surface area contributed by atoms with Crippen molar-refractivity contribution in [2.45, 2.75) is 154 Å². The molecule has 258 valence electrons. The van der Waals surface area contributed by atoms with E-state index in [1.165, 1.54) is 103 Å². The molecule has 0 aliphatic carbocycles. The van der Waals surface area contributed by atoms with Crippen LogP contribution in [0, 0.1) is 0 Å². The number of amides is 2. The minimum atomic E-state index is -0.577. The van der Waals surface area contributed by atoms with Crippen molar-refractivity contribution in [3.63, 3.8) is 0 Å². The van der Waals surface area contributed by atoms with Crippen LogP contribution in [0.25, 0.3) is 0 Å². The minimum Gasteiger partial charge on any atom is -0.474 e. The highest BCUT2D eigenvalue weighted by Gasteiger charge is 2.29. The van der Waals surface area contributed by atoms with Crippen LogP contribution in [0.4, 0.5) is 0 Å². The monoisotopic (exact) mass is 639 g/mol. The molecule has 1 aromatic rings. The van der Waals surface area contributed by atoms with Gasteiger partial charge in [0.1, 0.15) is 24.6 Å². The van der Waals surface area contributed by atoms with Gasteiger partial charge in [0.15, 0.2) is 12.1 Å². The highest BCUT2D eigenvalue weighted by molar-refractivity contribution is 6.00. The van der Waals surface area contributed by atoms with Crippen molar-refractivity contribution >= 4 is 23.6 Å². The van der Waals surface area contributed by atoms with Crippen molar-refractivity contribution in [1.29, 1.82) is 0 Å². The molecule has 46 heavy (non-hydrogen) atoms. The lowest BCUT2D eigenvalue weighted by molar-refractivity contribution is -0.123. The van der Waals surface area contributed by atoms with Gasteiger partial charge < -0.3 is 20.1 Å². The van der Waals surface area contributed by atoms with E-state index in [2.05, 4.69) is 39.4 Å². The van der Waals surface area contributed by atoms with Crippen LogP contribution in [0.1, 0.15) is 154 Å². The van der Waals surface area contributed by atoms with E-state index >= 15 is 0 Å². The van der Waals surface area contributed by atoms with Crippen LogP contribution in [-0.4, -0.2) is 67.0 Å². The lowest BCUT2D eigenvalue weighted by Crippen LogP contribution is -2.34. The molecule has 0 radical (unpaired) electrons. The van der Waals surface area contributed by atoms with E-state index in [-0.39, 0.29) is 25.0 Å². The van der Waals surface area contributed by atoms with Crippen LogP contribution in [0.3, 0.4) is 0 Å². The summed E-state index contributed by atoms with van der Waals surface area (Å²) < 4.78 is 11.5. The molecular formula is C37H61N5O4. The number of carbonyl (C=O) groups is 2. The molecule has 2 aliphatic heterocycles. The smallest absolute Gasteiger partial charge is 0.248 e. The summed E-state index contributed by atoms with van der Waals surface area (Å²) in [7, 11) is 0. The van der Waals surface area contributed by atoms with Crippen LogP contribution in [-0.2, 0) is 19.1 Å². The Morgan fingerprint density at radius 2 is 0.935 bits per heavy atom. The third kappa shape index (κ3) is 14.6. The Morgan fingerprint density at radius 3 is 1.30 bits per heavy atom. The van der Waals surface area contributed by atoms with Crippen molar-refractivity contribution in [3.8, 4) is 0 Å². The second kappa shape index (κ2) is 23.4. The molecular weight excluding hydrogens is 578 g/mol. The summed E-state index contributed by atoms with van der Waals surface area (Å²) in [5.41, 5.74) is 1.03. The first-order chi connectivity index (χ1) is 22.6. The number of aliphatic imine (C=N–C) groups is 2. The predicted octanol–water partition coefficient (Wildman–Crippen LogP) is 7.45. The highest BCUT2D eigenvalue weighted by atomic mass is 16.5. The topological polar surface area (TPSA) is 114 Å². The quantitative estimate of drug-likeness (QED) is 0.102. The van der Waals surface area contributed by atoms with Gasteiger partial charge in [-0.3, -0.25) is 9.59 Å². The van der Waals surface area contributed by atoms with E-state index < -0.39 is 12.1 Å². The Balaban J connectivity index is 1.31. The van der Waals surface area contributed by atoms with Gasteiger partial charge in [-0.2, -0.15) is 0 Å². The molecule has 0 fully saturated rings. The largest absolute Gasteiger partial charge is 0.474 e. The van der Waals surface area contributed by atoms with Crippen LogP contribution in [0.15, 0.2) is 28.2 Å². The van der Waals surface area contributed by atoms with E-state index in [0.29, 0.717) is 36.3 Å². The molecule has 2 aliphatic rings. The van der Waals surface area contributed by atoms with Gasteiger partial charge in [-0.1, -0.05) is 135 Å². The Labute approximate surface area is 278 Å². The predicted molar refractivity (Wildman–Crippen MR) is 186 cm³/mol. The minimum absolute atomic E-state index is 0.114. The van der Waals surface area contributed by atoms with Gasteiger partial charge in [0.25, 0.3) is 0 Å². The maximum atomic E-state index is 12.7. The molecule has 3 heterocycles. The molecule has 1 aromatic heterocycles. The van der Waals surface area contributed by atoms with Gasteiger partial charge in [-0.05, 0) is 25.0 Å². The van der Waals surface area contributed by atoms with E-state index in [1.54, 1.807) is 12.1 Å².